The Morgan fingerprint density at radius 1 is 1.47 bits per heavy atom. The van der Waals surface area contributed by atoms with E-state index in [-0.39, 0.29) is 0 Å². The minimum Gasteiger partial charge on any atom is -0.380 e. The summed E-state index contributed by atoms with van der Waals surface area (Å²) in [6, 6.07) is 1.82. The zero-order valence-corrected chi connectivity index (χ0v) is 10.6. The second kappa shape index (κ2) is 6.46. The van der Waals surface area contributed by atoms with Crippen LogP contribution in [0.15, 0.2) is 0 Å². The third-order valence-electron chi connectivity index (χ3n) is 3.32. The van der Waals surface area contributed by atoms with Gasteiger partial charge in [-0.1, -0.05) is 6.92 Å². The van der Waals surface area contributed by atoms with Gasteiger partial charge in [-0.25, -0.2) is 0 Å². The molecule has 3 heteroatoms. The van der Waals surface area contributed by atoms with Gasteiger partial charge in [-0.3, -0.25) is 4.90 Å². The van der Waals surface area contributed by atoms with Gasteiger partial charge in [0.1, 0.15) is 0 Å². The van der Waals surface area contributed by atoms with E-state index in [1.807, 2.05) is 0 Å². The molecule has 1 saturated heterocycles. The van der Waals surface area contributed by atoms with E-state index in [0.29, 0.717) is 18.1 Å². The Bertz CT molecular complexity index is 175. The molecule has 0 aromatic heterocycles. The van der Waals surface area contributed by atoms with Gasteiger partial charge in [0.2, 0.25) is 0 Å². The molecule has 1 aliphatic rings. The molecule has 0 aromatic carbocycles. The molecule has 3 atom stereocenters. The van der Waals surface area contributed by atoms with Gasteiger partial charge in [-0.15, -0.1) is 0 Å². The highest BCUT2D eigenvalue weighted by Gasteiger charge is 2.27. The summed E-state index contributed by atoms with van der Waals surface area (Å²) >= 11 is 0. The number of hydrogen-bond acceptors (Lipinski definition) is 3. The van der Waals surface area contributed by atoms with Crippen LogP contribution in [0.5, 0.6) is 0 Å². The van der Waals surface area contributed by atoms with E-state index in [2.05, 4.69) is 37.9 Å². The molecule has 0 bridgehead atoms. The standard InChI is InChI=1S/C12H26N2O/c1-5-12-8-14(10(3)7-13-12)11(4)9-15-6-2/h10-13H,5-9H2,1-4H3. The largest absolute Gasteiger partial charge is 0.380 e. The van der Waals surface area contributed by atoms with Crippen molar-refractivity contribution in [3.8, 4) is 0 Å². The maximum atomic E-state index is 5.50. The molecule has 3 unspecified atom stereocenters. The minimum absolute atomic E-state index is 0.538. The zero-order chi connectivity index (χ0) is 11.3. The van der Waals surface area contributed by atoms with Gasteiger partial charge in [0.25, 0.3) is 0 Å². The molecule has 0 spiro atoms. The number of nitrogens with one attached hydrogen (secondary N) is 1. The number of rotatable bonds is 5. The van der Waals surface area contributed by atoms with Crippen molar-refractivity contribution in [2.24, 2.45) is 0 Å². The van der Waals surface area contributed by atoms with E-state index in [0.717, 1.165) is 26.3 Å². The number of piperazine rings is 1. The Kier molecular flexibility index (Phi) is 5.58. The van der Waals surface area contributed by atoms with Crippen molar-refractivity contribution in [2.75, 3.05) is 26.3 Å². The van der Waals surface area contributed by atoms with Gasteiger partial charge in [0.05, 0.1) is 6.61 Å². The highest BCUT2D eigenvalue weighted by molar-refractivity contribution is 4.85. The van der Waals surface area contributed by atoms with E-state index in [1.54, 1.807) is 0 Å². The zero-order valence-electron chi connectivity index (χ0n) is 10.6. The summed E-state index contributed by atoms with van der Waals surface area (Å²) in [5.41, 5.74) is 0. The lowest BCUT2D eigenvalue weighted by Gasteiger charge is -2.42. The molecule has 15 heavy (non-hydrogen) atoms. The van der Waals surface area contributed by atoms with Crippen LogP contribution in [-0.2, 0) is 4.74 Å². The van der Waals surface area contributed by atoms with Crippen LogP contribution in [-0.4, -0.2) is 49.3 Å². The third-order valence-corrected chi connectivity index (χ3v) is 3.32. The lowest BCUT2D eigenvalue weighted by Crippen LogP contribution is -2.58. The quantitative estimate of drug-likeness (QED) is 0.750. The Balaban J connectivity index is 2.42. The average Bonchev–Trinajstić information content (AvgIpc) is 2.26. The van der Waals surface area contributed by atoms with Gasteiger partial charge < -0.3 is 10.1 Å². The SMILES string of the molecule is CCOCC(C)N1CC(CC)NCC1C. The highest BCUT2D eigenvalue weighted by Crippen LogP contribution is 2.12. The van der Waals surface area contributed by atoms with Gasteiger partial charge in [-0.2, -0.15) is 0 Å². The van der Waals surface area contributed by atoms with Crippen molar-refractivity contribution in [2.45, 2.75) is 52.2 Å². The monoisotopic (exact) mass is 214 g/mol. The Labute approximate surface area is 94.2 Å². The Morgan fingerprint density at radius 3 is 2.80 bits per heavy atom. The predicted octanol–water partition coefficient (Wildman–Crippen LogP) is 1.48. The highest BCUT2D eigenvalue weighted by atomic mass is 16.5. The number of nitrogens with zero attached hydrogens (tertiary/aromatic N) is 1. The molecule has 0 saturated carbocycles. The van der Waals surface area contributed by atoms with E-state index >= 15 is 0 Å². The smallest absolute Gasteiger partial charge is 0.0619 e. The van der Waals surface area contributed by atoms with Crippen LogP contribution in [0.2, 0.25) is 0 Å². The lowest BCUT2D eigenvalue weighted by molar-refractivity contribution is 0.0330. The molecule has 1 heterocycles. The minimum atomic E-state index is 0.538. The third kappa shape index (κ3) is 3.74. The van der Waals surface area contributed by atoms with Crippen LogP contribution >= 0.6 is 0 Å². The molecule has 0 amide bonds. The van der Waals surface area contributed by atoms with Crippen LogP contribution in [0.4, 0.5) is 0 Å². The summed E-state index contributed by atoms with van der Waals surface area (Å²) in [6.45, 7) is 12.8. The first-order valence-corrected chi connectivity index (χ1v) is 6.25. The maximum absolute atomic E-state index is 5.50. The van der Waals surface area contributed by atoms with Crippen molar-refractivity contribution in [1.82, 2.24) is 10.2 Å². The summed E-state index contributed by atoms with van der Waals surface area (Å²) in [7, 11) is 0. The summed E-state index contributed by atoms with van der Waals surface area (Å²) < 4.78 is 5.50. The predicted molar refractivity (Wildman–Crippen MR) is 64.2 cm³/mol. The number of ether oxygens (including phenoxy) is 1. The molecule has 90 valence electrons. The summed E-state index contributed by atoms with van der Waals surface area (Å²) in [5.74, 6) is 0. The van der Waals surface area contributed by atoms with Crippen molar-refractivity contribution in [3.63, 3.8) is 0 Å². The summed E-state index contributed by atoms with van der Waals surface area (Å²) in [4.78, 5) is 2.57. The molecule has 1 aliphatic heterocycles. The van der Waals surface area contributed by atoms with Crippen molar-refractivity contribution < 1.29 is 4.74 Å². The molecular formula is C12H26N2O. The molecule has 0 aromatic rings. The molecule has 1 rings (SSSR count). The molecule has 3 nitrogen and oxygen atoms in total. The van der Waals surface area contributed by atoms with Gasteiger partial charge in [-0.05, 0) is 27.2 Å². The first-order valence-electron chi connectivity index (χ1n) is 6.25. The molecular weight excluding hydrogens is 188 g/mol. The Morgan fingerprint density at radius 2 is 2.20 bits per heavy atom. The van der Waals surface area contributed by atoms with E-state index < -0.39 is 0 Å². The second-order valence-corrected chi connectivity index (χ2v) is 4.57. The van der Waals surface area contributed by atoms with Crippen molar-refractivity contribution in [3.05, 3.63) is 0 Å². The van der Waals surface area contributed by atoms with Crippen LogP contribution in [0.25, 0.3) is 0 Å². The van der Waals surface area contributed by atoms with Crippen LogP contribution < -0.4 is 5.32 Å². The van der Waals surface area contributed by atoms with Crippen LogP contribution in [0.3, 0.4) is 0 Å². The Hall–Kier alpha value is -0.120. The van der Waals surface area contributed by atoms with Gasteiger partial charge >= 0.3 is 0 Å². The molecule has 1 fully saturated rings. The van der Waals surface area contributed by atoms with Gasteiger partial charge in [0, 0.05) is 37.8 Å². The summed E-state index contributed by atoms with van der Waals surface area (Å²) in [6.07, 6.45) is 1.21. The van der Waals surface area contributed by atoms with E-state index in [4.69, 9.17) is 4.74 Å². The molecule has 0 radical (unpaired) electrons. The molecule has 0 aliphatic carbocycles. The average molecular weight is 214 g/mol. The fraction of sp³-hybridized carbons (Fsp3) is 1.00. The van der Waals surface area contributed by atoms with Crippen molar-refractivity contribution >= 4 is 0 Å². The number of hydrogen-bond donors (Lipinski definition) is 1. The second-order valence-electron chi connectivity index (χ2n) is 4.57. The van der Waals surface area contributed by atoms with E-state index in [9.17, 15) is 0 Å². The fourth-order valence-corrected chi connectivity index (χ4v) is 2.23. The first-order chi connectivity index (χ1) is 7.19. The van der Waals surface area contributed by atoms with Gasteiger partial charge in [0.15, 0.2) is 0 Å². The molecule has 1 N–H and O–H groups in total. The van der Waals surface area contributed by atoms with Crippen LogP contribution in [0, 0.1) is 0 Å². The summed E-state index contributed by atoms with van der Waals surface area (Å²) in [5, 5.41) is 3.58. The van der Waals surface area contributed by atoms with E-state index in [1.165, 1.54) is 6.42 Å². The maximum Gasteiger partial charge on any atom is 0.0619 e. The van der Waals surface area contributed by atoms with Crippen molar-refractivity contribution in [1.29, 1.82) is 0 Å². The lowest BCUT2D eigenvalue weighted by atomic mass is 10.1. The van der Waals surface area contributed by atoms with Crippen LogP contribution in [0.1, 0.15) is 34.1 Å². The first kappa shape index (κ1) is 12.9. The fourth-order valence-electron chi connectivity index (χ4n) is 2.23. The topological polar surface area (TPSA) is 24.5 Å². The normalized spacial score (nSPS) is 30.4.